The predicted octanol–water partition coefficient (Wildman–Crippen LogP) is 3.13. The Hall–Kier alpha value is -2.30. The Labute approximate surface area is 126 Å². The van der Waals surface area contributed by atoms with Gasteiger partial charge in [-0.15, -0.1) is 0 Å². The minimum Gasteiger partial charge on any atom is -0.363 e. The van der Waals surface area contributed by atoms with Crippen LogP contribution in [0.1, 0.15) is 13.8 Å². The van der Waals surface area contributed by atoms with E-state index in [0.29, 0.717) is 0 Å². The van der Waals surface area contributed by atoms with Gasteiger partial charge in [0.25, 0.3) is 0 Å². The van der Waals surface area contributed by atoms with E-state index in [1.165, 1.54) is 0 Å². The topological polar surface area (TPSA) is 44.3 Å². The molecule has 0 unspecified atom stereocenters. The fourth-order valence-electron chi connectivity index (χ4n) is 2.09. The molecule has 5 nitrogen and oxygen atoms in total. The Kier molecular flexibility index (Phi) is 4.98. The first-order valence-electron chi connectivity index (χ1n) is 7.25. The van der Waals surface area contributed by atoms with Crippen LogP contribution in [0.15, 0.2) is 36.7 Å². The smallest absolute Gasteiger partial charge is 0.128 e. The fourth-order valence-corrected chi connectivity index (χ4v) is 2.09. The molecule has 0 aromatic carbocycles. The van der Waals surface area contributed by atoms with E-state index >= 15 is 0 Å². The first kappa shape index (κ1) is 15.1. The van der Waals surface area contributed by atoms with E-state index in [0.717, 1.165) is 36.1 Å². The molecule has 0 aliphatic rings. The highest BCUT2D eigenvalue weighted by molar-refractivity contribution is 5.60. The van der Waals surface area contributed by atoms with Crippen LogP contribution in [0, 0.1) is 0 Å². The van der Waals surface area contributed by atoms with Crippen LogP contribution < -0.4 is 15.1 Å². The van der Waals surface area contributed by atoms with Crippen LogP contribution in [0.5, 0.6) is 0 Å². The van der Waals surface area contributed by atoms with Gasteiger partial charge >= 0.3 is 0 Å². The molecule has 21 heavy (non-hydrogen) atoms. The predicted molar refractivity (Wildman–Crippen MR) is 89.6 cm³/mol. The molecule has 0 spiro atoms. The molecule has 0 bridgehead atoms. The minimum atomic E-state index is 0.940. The molecule has 0 aliphatic heterocycles. The normalized spacial score (nSPS) is 10.3. The van der Waals surface area contributed by atoms with Gasteiger partial charge in [-0.25, -0.2) is 9.97 Å². The molecule has 5 heteroatoms. The number of anilines is 4. The molecule has 2 aromatic heterocycles. The quantitative estimate of drug-likeness (QED) is 0.883. The summed E-state index contributed by atoms with van der Waals surface area (Å²) in [7, 11) is 3.95. The van der Waals surface area contributed by atoms with E-state index in [-0.39, 0.29) is 0 Å². The Bertz CT molecular complexity index is 544. The summed E-state index contributed by atoms with van der Waals surface area (Å²) >= 11 is 0. The molecule has 2 heterocycles. The molecule has 0 saturated heterocycles. The lowest BCUT2D eigenvalue weighted by molar-refractivity contribution is 0.846. The molecule has 0 fully saturated rings. The molecule has 0 saturated carbocycles. The van der Waals surface area contributed by atoms with Gasteiger partial charge in [-0.05, 0) is 38.1 Å². The largest absolute Gasteiger partial charge is 0.363 e. The number of hydrogen-bond acceptors (Lipinski definition) is 5. The third kappa shape index (κ3) is 3.84. The number of pyridine rings is 2. The van der Waals surface area contributed by atoms with Crippen molar-refractivity contribution in [2.75, 3.05) is 42.3 Å². The van der Waals surface area contributed by atoms with Crippen molar-refractivity contribution < 1.29 is 0 Å². The Morgan fingerprint density at radius 1 is 0.857 bits per heavy atom. The number of nitrogens with one attached hydrogen (secondary N) is 1. The second kappa shape index (κ2) is 6.92. The first-order valence-corrected chi connectivity index (χ1v) is 7.25. The first-order chi connectivity index (χ1) is 10.1. The second-order valence-corrected chi connectivity index (χ2v) is 5.00. The zero-order chi connectivity index (χ0) is 15.2. The van der Waals surface area contributed by atoms with Gasteiger partial charge in [0.05, 0.1) is 23.8 Å². The summed E-state index contributed by atoms with van der Waals surface area (Å²) < 4.78 is 0. The maximum Gasteiger partial charge on any atom is 0.128 e. The lowest BCUT2D eigenvalue weighted by Gasteiger charge is -2.19. The van der Waals surface area contributed by atoms with E-state index in [9.17, 15) is 0 Å². The third-order valence-corrected chi connectivity index (χ3v) is 3.33. The van der Waals surface area contributed by atoms with Gasteiger partial charge < -0.3 is 15.1 Å². The van der Waals surface area contributed by atoms with Crippen molar-refractivity contribution in [3.8, 4) is 0 Å². The van der Waals surface area contributed by atoms with Gasteiger partial charge in [0.2, 0.25) is 0 Å². The van der Waals surface area contributed by atoms with Crippen molar-refractivity contribution in [3.63, 3.8) is 0 Å². The SMILES string of the molecule is CCN(CC)c1ccc(Nc2ccc(N(C)C)nc2)cn1. The molecule has 0 aliphatic carbocycles. The standard InChI is InChI=1S/C16H23N5/c1-5-21(6-2)16-10-8-14(12-18-16)19-13-7-9-15(17-11-13)20(3)4/h7-12,19H,5-6H2,1-4H3. The van der Waals surface area contributed by atoms with Crippen molar-refractivity contribution in [3.05, 3.63) is 36.7 Å². The Balaban J connectivity index is 2.06. The van der Waals surface area contributed by atoms with Gasteiger partial charge in [0.15, 0.2) is 0 Å². The summed E-state index contributed by atoms with van der Waals surface area (Å²) in [5.74, 6) is 1.95. The zero-order valence-electron chi connectivity index (χ0n) is 13.2. The van der Waals surface area contributed by atoms with Gasteiger partial charge in [-0.3, -0.25) is 0 Å². The highest BCUT2D eigenvalue weighted by atomic mass is 15.2. The van der Waals surface area contributed by atoms with Gasteiger partial charge in [-0.2, -0.15) is 0 Å². The molecule has 0 radical (unpaired) electrons. The molecule has 1 N–H and O–H groups in total. The van der Waals surface area contributed by atoms with E-state index in [1.807, 2.05) is 55.7 Å². The van der Waals surface area contributed by atoms with E-state index < -0.39 is 0 Å². The van der Waals surface area contributed by atoms with Crippen molar-refractivity contribution in [2.24, 2.45) is 0 Å². The lowest BCUT2D eigenvalue weighted by Crippen LogP contribution is -2.22. The van der Waals surface area contributed by atoms with E-state index in [2.05, 4.69) is 34.0 Å². The number of hydrogen-bond donors (Lipinski definition) is 1. The van der Waals surface area contributed by atoms with Gasteiger partial charge in [-0.1, -0.05) is 0 Å². The number of aromatic nitrogens is 2. The third-order valence-electron chi connectivity index (χ3n) is 3.33. The maximum atomic E-state index is 4.50. The molecule has 0 atom stereocenters. The van der Waals surface area contributed by atoms with E-state index in [4.69, 9.17) is 0 Å². The fraction of sp³-hybridized carbons (Fsp3) is 0.375. The van der Waals surface area contributed by atoms with Crippen molar-refractivity contribution in [1.29, 1.82) is 0 Å². The van der Waals surface area contributed by atoms with Crippen LogP contribution in [0.25, 0.3) is 0 Å². The summed E-state index contributed by atoms with van der Waals surface area (Å²) in [6, 6.07) is 8.08. The lowest BCUT2D eigenvalue weighted by atomic mass is 10.3. The highest BCUT2D eigenvalue weighted by Crippen LogP contribution is 2.19. The number of rotatable bonds is 6. The highest BCUT2D eigenvalue weighted by Gasteiger charge is 2.03. The van der Waals surface area contributed by atoms with Crippen LogP contribution >= 0.6 is 0 Å². The Morgan fingerprint density at radius 3 is 1.76 bits per heavy atom. The summed E-state index contributed by atoms with van der Waals surface area (Å²) in [6.45, 7) is 6.20. The van der Waals surface area contributed by atoms with Crippen LogP contribution in [0.2, 0.25) is 0 Å². The van der Waals surface area contributed by atoms with Gasteiger partial charge in [0, 0.05) is 27.2 Å². The van der Waals surface area contributed by atoms with E-state index in [1.54, 1.807) is 0 Å². The van der Waals surface area contributed by atoms with Crippen molar-refractivity contribution >= 4 is 23.0 Å². The van der Waals surface area contributed by atoms with Crippen LogP contribution in [-0.4, -0.2) is 37.2 Å². The van der Waals surface area contributed by atoms with Crippen LogP contribution in [-0.2, 0) is 0 Å². The summed E-state index contributed by atoms with van der Waals surface area (Å²) in [6.07, 6.45) is 3.68. The molecule has 0 amide bonds. The molecular weight excluding hydrogens is 262 g/mol. The average molecular weight is 285 g/mol. The Morgan fingerprint density at radius 2 is 1.38 bits per heavy atom. The van der Waals surface area contributed by atoms with Crippen molar-refractivity contribution in [1.82, 2.24) is 9.97 Å². The maximum absolute atomic E-state index is 4.50. The van der Waals surface area contributed by atoms with Crippen molar-refractivity contribution in [2.45, 2.75) is 13.8 Å². The molecule has 112 valence electrons. The molecular formula is C16H23N5. The van der Waals surface area contributed by atoms with Gasteiger partial charge in [0.1, 0.15) is 11.6 Å². The monoisotopic (exact) mass is 285 g/mol. The minimum absolute atomic E-state index is 0.940. The average Bonchev–Trinajstić information content (AvgIpc) is 2.51. The number of nitrogens with zero attached hydrogens (tertiary/aromatic N) is 4. The molecule has 2 aromatic rings. The van der Waals surface area contributed by atoms with Crippen LogP contribution in [0.3, 0.4) is 0 Å². The summed E-state index contributed by atoms with van der Waals surface area (Å²) in [5, 5.41) is 3.31. The zero-order valence-corrected chi connectivity index (χ0v) is 13.2. The summed E-state index contributed by atoms with van der Waals surface area (Å²) in [5.41, 5.74) is 1.92. The van der Waals surface area contributed by atoms with Crippen LogP contribution in [0.4, 0.5) is 23.0 Å². The molecule has 2 rings (SSSR count). The second-order valence-electron chi connectivity index (χ2n) is 5.00. The summed E-state index contributed by atoms with van der Waals surface area (Å²) in [4.78, 5) is 13.1.